The van der Waals surface area contributed by atoms with Crippen molar-refractivity contribution in [3.8, 4) is 5.75 Å². The number of H-pyrrole nitrogens is 1. The molecule has 7 nitrogen and oxygen atoms in total. The number of carbonyl (C=O) groups is 1. The molecule has 110 valence electrons. The summed E-state index contributed by atoms with van der Waals surface area (Å²) in [7, 11) is 0. The lowest BCUT2D eigenvalue weighted by molar-refractivity contribution is 0.0930. The SMILES string of the molecule is Cc1ncc(C(=O)NC[C@@H](C)Oc2cccnc2)c(=O)[nH]1. The van der Waals surface area contributed by atoms with Gasteiger partial charge in [0.1, 0.15) is 23.2 Å². The van der Waals surface area contributed by atoms with Crippen LogP contribution in [0.15, 0.2) is 35.5 Å². The molecular weight excluding hydrogens is 272 g/mol. The molecule has 2 aromatic rings. The first-order valence-electron chi connectivity index (χ1n) is 6.47. The molecule has 1 atom stereocenters. The molecule has 7 heteroatoms. The fourth-order valence-corrected chi connectivity index (χ4v) is 1.67. The highest BCUT2D eigenvalue weighted by Crippen LogP contribution is 2.08. The lowest BCUT2D eigenvalue weighted by Gasteiger charge is -2.14. The summed E-state index contributed by atoms with van der Waals surface area (Å²) in [4.78, 5) is 33.8. The lowest BCUT2D eigenvalue weighted by atomic mass is 10.3. The molecule has 0 saturated carbocycles. The molecule has 2 heterocycles. The van der Waals surface area contributed by atoms with Gasteiger partial charge in [-0.3, -0.25) is 14.6 Å². The lowest BCUT2D eigenvalue weighted by Crippen LogP contribution is -2.36. The van der Waals surface area contributed by atoms with Crippen molar-refractivity contribution in [2.24, 2.45) is 0 Å². The molecule has 0 fully saturated rings. The van der Waals surface area contributed by atoms with Gasteiger partial charge in [-0.1, -0.05) is 0 Å². The zero-order valence-corrected chi connectivity index (χ0v) is 11.8. The average molecular weight is 288 g/mol. The monoisotopic (exact) mass is 288 g/mol. The van der Waals surface area contributed by atoms with Crippen molar-refractivity contribution in [1.82, 2.24) is 20.3 Å². The Morgan fingerprint density at radius 2 is 2.29 bits per heavy atom. The summed E-state index contributed by atoms with van der Waals surface area (Å²) in [5, 5.41) is 2.63. The number of nitrogens with zero attached hydrogens (tertiary/aromatic N) is 2. The Hall–Kier alpha value is -2.70. The third kappa shape index (κ3) is 4.13. The molecule has 1 amide bonds. The number of aromatic amines is 1. The van der Waals surface area contributed by atoms with Crippen LogP contribution in [-0.2, 0) is 0 Å². The van der Waals surface area contributed by atoms with Crippen molar-refractivity contribution in [3.05, 3.63) is 52.5 Å². The Balaban J connectivity index is 1.90. The molecule has 0 unspecified atom stereocenters. The Morgan fingerprint density at radius 3 is 2.95 bits per heavy atom. The molecule has 0 radical (unpaired) electrons. The number of carbonyl (C=O) groups excluding carboxylic acids is 1. The molecule has 0 bridgehead atoms. The van der Waals surface area contributed by atoms with Gasteiger partial charge in [0.2, 0.25) is 0 Å². The average Bonchev–Trinajstić information content (AvgIpc) is 2.46. The van der Waals surface area contributed by atoms with Crippen molar-refractivity contribution < 1.29 is 9.53 Å². The van der Waals surface area contributed by atoms with Gasteiger partial charge in [0, 0.05) is 12.4 Å². The molecule has 0 aliphatic carbocycles. The zero-order valence-electron chi connectivity index (χ0n) is 11.8. The van der Waals surface area contributed by atoms with Crippen LogP contribution in [0, 0.1) is 6.92 Å². The molecular formula is C14H16N4O3. The van der Waals surface area contributed by atoms with E-state index in [1.165, 1.54) is 6.20 Å². The van der Waals surface area contributed by atoms with Gasteiger partial charge < -0.3 is 15.0 Å². The quantitative estimate of drug-likeness (QED) is 0.843. The summed E-state index contributed by atoms with van der Waals surface area (Å²) < 4.78 is 5.57. The normalized spacial score (nSPS) is 11.7. The van der Waals surface area contributed by atoms with Crippen molar-refractivity contribution in [1.29, 1.82) is 0 Å². The summed E-state index contributed by atoms with van der Waals surface area (Å²) in [5.74, 6) is 0.601. The van der Waals surface area contributed by atoms with E-state index < -0.39 is 11.5 Å². The number of ether oxygens (including phenoxy) is 1. The van der Waals surface area contributed by atoms with Crippen molar-refractivity contribution in [2.75, 3.05) is 6.54 Å². The Bertz CT molecular complexity index is 669. The second kappa shape index (κ2) is 6.65. The van der Waals surface area contributed by atoms with Gasteiger partial charge in [-0.2, -0.15) is 0 Å². The number of aromatic nitrogens is 3. The molecule has 0 aliphatic heterocycles. The predicted octanol–water partition coefficient (Wildman–Crippen LogP) is 0.671. The van der Waals surface area contributed by atoms with Crippen molar-refractivity contribution in [3.63, 3.8) is 0 Å². The van der Waals surface area contributed by atoms with Gasteiger partial charge in [0.15, 0.2) is 0 Å². The van der Waals surface area contributed by atoms with Crippen LogP contribution in [0.2, 0.25) is 0 Å². The van der Waals surface area contributed by atoms with E-state index in [0.29, 0.717) is 11.6 Å². The first kappa shape index (κ1) is 14.7. The second-order valence-corrected chi connectivity index (χ2v) is 4.54. The smallest absolute Gasteiger partial charge is 0.263 e. The Kier molecular flexibility index (Phi) is 4.65. The number of hydrogen-bond acceptors (Lipinski definition) is 5. The van der Waals surface area contributed by atoms with Crippen LogP contribution >= 0.6 is 0 Å². The van der Waals surface area contributed by atoms with E-state index in [-0.39, 0.29) is 18.2 Å². The Morgan fingerprint density at radius 1 is 1.48 bits per heavy atom. The summed E-state index contributed by atoms with van der Waals surface area (Å²) in [6.07, 6.45) is 4.25. The minimum absolute atomic E-state index is 0.0193. The predicted molar refractivity (Wildman–Crippen MR) is 76.3 cm³/mol. The highest BCUT2D eigenvalue weighted by molar-refractivity contribution is 5.93. The van der Waals surface area contributed by atoms with Crippen LogP contribution in [0.1, 0.15) is 23.1 Å². The van der Waals surface area contributed by atoms with Crippen molar-refractivity contribution in [2.45, 2.75) is 20.0 Å². The summed E-state index contributed by atoms with van der Waals surface area (Å²) in [6, 6.07) is 3.54. The number of aryl methyl sites for hydroxylation is 1. The van der Waals surface area contributed by atoms with Crippen LogP contribution in [-0.4, -0.2) is 33.5 Å². The maximum atomic E-state index is 11.9. The molecule has 0 aromatic carbocycles. The molecule has 0 saturated heterocycles. The maximum Gasteiger partial charge on any atom is 0.263 e. The third-order valence-electron chi connectivity index (χ3n) is 2.69. The highest BCUT2D eigenvalue weighted by atomic mass is 16.5. The summed E-state index contributed by atoms with van der Waals surface area (Å²) >= 11 is 0. The number of rotatable bonds is 5. The van der Waals surface area contributed by atoms with Crippen LogP contribution < -0.4 is 15.6 Å². The van der Waals surface area contributed by atoms with Gasteiger partial charge in [-0.15, -0.1) is 0 Å². The van der Waals surface area contributed by atoms with E-state index in [2.05, 4.69) is 20.3 Å². The summed E-state index contributed by atoms with van der Waals surface area (Å²) in [6.45, 7) is 3.72. The van der Waals surface area contributed by atoms with E-state index >= 15 is 0 Å². The minimum atomic E-state index is -0.481. The van der Waals surface area contributed by atoms with E-state index in [9.17, 15) is 9.59 Å². The number of pyridine rings is 1. The molecule has 2 rings (SSSR count). The van der Waals surface area contributed by atoms with Gasteiger partial charge in [0.25, 0.3) is 11.5 Å². The minimum Gasteiger partial charge on any atom is -0.487 e. The van der Waals surface area contributed by atoms with Gasteiger partial charge >= 0.3 is 0 Å². The van der Waals surface area contributed by atoms with E-state index in [1.54, 1.807) is 31.5 Å². The van der Waals surface area contributed by atoms with E-state index in [1.807, 2.05) is 6.92 Å². The van der Waals surface area contributed by atoms with E-state index in [0.717, 1.165) is 0 Å². The van der Waals surface area contributed by atoms with Crippen LogP contribution in [0.4, 0.5) is 0 Å². The van der Waals surface area contributed by atoms with E-state index in [4.69, 9.17) is 4.74 Å². The molecule has 21 heavy (non-hydrogen) atoms. The van der Waals surface area contributed by atoms with Crippen LogP contribution in [0.25, 0.3) is 0 Å². The summed E-state index contributed by atoms with van der Waals surface area (Å²) in [5.41, 5.74) is -0.477. The van der Waals surface area contributed by atoms with Gasteiger partial charge in [-0.25, -0.2) is 4.98 Å². The molecule has 2 N–H and O–H groups in total. The second-order valence-electron chi connectivity index (χ2n) is 4.54. The van der Waals surface area contributed by atoms with Gasteiger partial charge in [-0.05, 0) is 26.0 Å². The first-order valence-corrected chi connectivity index (χ1v) is 6.47. The van der Waals surface area contributed by atoms with Gasteiger partial charge in [0.05, 0.1) is 12.7 Å². The number of hydrogen-bond donors (Lipinski definition) is 2. The Labute approximate surface area is 121 Å². The highest BCUT2D eigenvalue weighted by Gasteiger charge is 2.12. The standard InChI is InChI=1S/C14H16N4O3/c1-9(21-11-4-3-5-15-7-11)6-17-13(19)12-8-16-10(2)18-14(12)20/h3-5,7-9H,6H2,1-2H3,(H,17,19)(H,16,18,20)/t9-/m1/s1. The third-order valence-corrected chi connectivity index (χ3v) is 2.69. The maximum absolute atomic E-state index is 11.9. The fourth-order valence-electron chi connectivity index (χ4n) is 1.67. The van der Waals surface area contributed by atoms with Crippen LogP contribution in [0.5, 0.6) is 5.75 Å². The molecule has 0 spiro atoms. The molecule has 0 aliphatic rings. The zero-order chi connectivity index (χ0) is 15.2. The topological polar surface area (TPSA) is 97.0 Å². The van der Waals surface area contributed by atoms with Crippen molar-refractivity contribution >= 4 is 5.91 Å². The largest absolute Gasteiger partial charge is 0.487 e. The van der Waals surface area contributed by atoms with Crippen LogP contribution in [0.3, 0.4) is 0 Å². The number of amides is 1. The fraction of sp³-hybridized carbons (Fsp3) is 0.286. The first-order chi connectivity index (χ1) is 10.1. The molecule has 2 aromatic heterocycles. The number of nitrogens with one attached hydrogen (secondary N) is 2.